The highest BCUT2D eigenvalue weighted by Crippen LogP contribution is 2.27. The number of halogens is 1. The molecule has 164 valence electrons. The van der Waals surface area contributed by atoms with Crippen LogP contribution in [0.15, 0.2) is 49.1 Å². The fourth-order valence-electron chi connectivity index (χ4n) is 3.62. The molecule has 0 spiro atoms. The summed E-state index contributed by atoms with van der Waals surface area (Å²) >= 11 is 0. The van der Waals surface area contributed by atoms with Crippen LogP contribution in [0.5, 0.6) is 0 Å². The first kappa shape index (κ1) is 21.4. The summed E-state index contributed by atoms with van der Waals surface area (Å²) in [5, 5.41) is 4.27. The number of benzene rings is 1. The Labute approximate surface area is 181 Å². The Bertz CT molecular complexity index is 1120. The first-order valence-corrected chi connectivity index (χ1v) is 12.2. The van der Waals surface area contributed by atoms with E-state index in [9.17, 15) is 12.8 Å². The number of aryl methyl sites for hydroxylation is 1. The average Bonchev–Trinajstić information content (AvgIpc) is 3.20. The third kappa shape index (κ3) is 5.65. The first-order valence-electron chi connectivity index (χ1n) is 10.1. The van der Waals surface area contributed by atoms with E-state index in [4.69, 9.17) is 0 Å². The molecule has 8 nitrogen and oxygen atoms in total. The number of aromatic nitrogens is 4. The van der Waals surface area contributed by atoms with Gasteiger partial charge in [0.1, 0.15) is 21.3 Å². The summed E-state index contributed by atoms with van der Waals surface area (Å²) in [6, 6.07) is 6.31. The van der Waals surface area contributed by atoms with E-state index < -0.39 is 9.84 Å². The maximum atomic E-state index is 13.3. The van der Waals surface area contributed by atoms with Crippen LogP contribution >= 0.6 is 0 Å². The third-order valence-electron chi connectivity index (χ3n) is 5.25. The zero-order valence-corrected chi connectivity index (χ0v) is 18.2. The molecule has 0 aliphatic carbocycles. The largest absolute Gasteiger partial charge is 0.352 e. The molecule has 2 aromatic heterocycles. The Hall–Kier alpha value is -2.85. The van der Waals surface area contributed by atoms with Crippen molar-refractivity contribution in [3.8, 4) is 11.3 Å². The van der Waals surface area contributed by atoms with Crippen LogP contribution < -0.4 is 4.90 Å². The van der Waals surface area contributed by atoms with Crippen LogP contribution in [-0.4, -0.2) is 71.3 Å². The maximum Gasteiger partial charge on any atom is 0.155 e. The van der Waals surface area contributed by atoms with Crippen LogP contribution in [0.2, 0.25) is 0 Å². The number of sulfone groups is 1. The van der Waals surface area contributed by atoms with Gasteiger partial charge in [-0.05, 0) is 24.3 Å². The van der Waals surface area contributed by atoms with Gasteiger partial charge >= 0.3 is 0 Å². The van der Waals surface area contributed by atoms with Gasteiger partial charge in [0.05, 0.1) is 18.5 Å². The van der Waals surface area contributed by atoms with Crippen LogP contribution in [0.3, 0.4) is 0 Å². The van der Waals surface area contributed by atoms with Crippen LogP contribution in [-0.2, 0) is 22.9 Å². The molecule has 0 unspecified atom stereocenters. The molecule has 0 N–H and O–H groups in total. The van der Waals surface area contributed by atoms with Crippen molar-refractivity contribution >= 4 is 15.7 Å². The zero-order valence-electron chi connectivity index (χ0n) is 17.4. The van der Waals surface area contributed by atoms with E-state index in [0.717, 1.165) is 55.4 Å². The maximum absolute atomic E-state index is 13.3. The fraction of sp³-hybridized carbons (Fsp3) is 0.381. The molecule has 0 amide bonds. The van der Waals surface area contributed by atoms with Crippen molar-refractivity contribution in [2.24, 2.45) is 0 Å². The average molecular weight is 445 g/mol. The van der Waals surface area contributed by atoms with Gasteiger partial charge in [0, 0.05) is 68.7 Å². The molecule has 1 aromatic carbocycles. The number of rotatable bonds is 7. The van der Waals surface area contributed by atoms with Crippen LogP contribution in [0.4, 0.5) is 10.2 Å². The Morgan fingerprint density at radius 2 is 1.74 bits per heavy atom. The molecular weight excluding hydrogens is 419 g/mol. The topological polar surface area (TPSA) is 84.2 Å². The highest BCUT2D eigenvalue weighted by molar-refractivity contribution is 7.90. The quantitative estimate of drug-likeness (QED) is 0.550. The SMILES string of the molecule is CS(=O)(=O)CCn1cc(CN2CCN(c3nccnc3-c3ccc(F)cc3)CC2)cn1. The van der Waals surface area contributed by atoms with Crippen LogP contribution in [0.1, 0.15) is 5.56 Å². The molecule has 1 aliphatic heterocycles. The molecule has 31 heavy (non-hydrogen) atoms. The smallest absolute Gasteiger partial charge is 0.155 e. The van der Waals surface area contributed by atoms with Gasteiger partial charge in [-0.2, -0.15) is 5.10 Å². The van der Waals surface area contributed by atoms with E-state index in [0.29, 0.717) is 6.54 Å². The van der Waals surface area contributed by atoms with Crippen LogP contribution in [0.25, 0.3) is 11.3 Å². The van der Waals surface area contributed by atoms with Gasteiger partial charge < -0.3 is 4.90 Å². The Balaban J connectivity index is 1.37. The molecule has 0 saturated carbocycles. The number of piperazine rings is 1. The normalized spacial score (nSPS) is 15.4. The van der Waals surface area contributed by atoms with E-state index in [1.807, 2.05) is 6.20 Å². The van der Waals surface area contributed by atoms with Crippen molar-refractivity contribution in [2.75, 3.05) is 43.1 Å². The monoisotopic (exact) mass is 444 g/mol. The van der Waals surface area contributed by atoms with Crippen molar-refractivity contribution in [1.29, 1.82) is 0 Å². The van der Waals surface area contributed by atoms with Gasteiger partial charge in [-0.1, -0.05) is 0 Å². The summed E-state index contributed by atoms with van der Waals surface area (Å²) < 4.78 is 37.6. The van der Waals surface area contributed by atoms with E-state index in [1.165, 1.54) is 18.4 Å². The number of hydrogen-bond acceptors (Lipinski definition) is 7. The fourth-order valence-corrected chi connectivity index (χ4v) is 4.14. The molecule has 10 heteroatoms. The van der Waals surface area contributed by atoms with Crippen molar-refractivity contribution in [3.05, 3.63) is 60.4 Å². The Kier molecular flexibility index (Phi) is 6.28. The summed E-state index contributed by atoms with van der Waals surface area (Å²) in [5.41, 5.74) is 2.66. The van der Waals surface area contributed by atoms with E-state index in [2.05, 4.69) is 24.9 Å². The molecule has 0 atom stereocenters. The van der Waals surface area contributed by atoms with E-state index in [-0.39, 0.29) is 11.6 Å². The highest BCUT2D eigenvalue weighted by atomic mass is 32.2. The van der Waals surface area contributed by atoms with Gasteiger partial charge in [-0.15, -0.1) is 0 Å². The standard InChI is InChI=1S/C21H25FN6O2S/c1-31(29,30)13-12-28-16-17(14-25-28)15-26-8-10-27(11-9-26)21-20(23-6-7-24-21)18-2-4-19(22)5-3-18/h2-7,14,16H,8-13,15H2,1H3. The molecule has 1 fully saturated rings. The number of nitrogens with zero attached hydrogens (tertiary/aromatic N) is 6. The minimum atomic E-state index is -3.00. The van der Waals surface area contributed by atoms with Gasteiger partial charge in [0.15, 0.2) is 5.82 Å². The molecule has 0 radical (unpaired) electrons. The second-order valence-electron chi connectivity index (χ2n) is 7.74. The Morgan fingerprint density at radius 1 is 1.03 bits per heavy atom. The van der Waals surface area contributed by atoms with Gasteiger partial charge in [-0.3, -0.25) is 14.6 Å². The summed E-state index contributed by atoms with van der Waals surface area (Å²) in [4.78, 5) is 13.6. The molecule has 0 bridgehead atoms. The minimum Gasteiger partial charge on any atom is -0.352 e. The Morgan fingerprint density at radius 3 is 2.45 bits per heavy atom. The van der Waals surface area contributed by atoms with Gasteiger partial charge in [0.25, 0.3) is 0 Å². The van der Waals surface area contributed by atoms with Gasteiger partial charge in [-0.25, -0.2) is 17.8 Å². The van der Waals surface area contributed by atoms with Crippen molar-refractivity contribution in [1.82, 2.24) is 24.6 Å². The predicted octanol–water partition coefficient (Wildman–Crippen LogP) is 1.85. The lowest BCUT2D eigenvalue weighted by atomic mass is 10.1. The lowest BCUT2D eigenvalue weighted by Crippen LogP contribution is -2.46. The third-order valence-corrected chi connectivity index (χ3v) is 6.18. The lowest BCUT2D eigenvalue weighted by Gasteiger charge is -2.35. The van der Waals surface area contributed by atoms with Crippen molar-refractivity contribution < 1.29 is 12.8 Å². The molecule has 3 aromatic rings. The van der Waals surface area contributed by atoms with Crippen molar-refractivity contribution in [3.63, 3.8) is 0 Å². The summed E-state index contributed by atoms with van der Waals surface area (Å²) in [5.74, 6) is 0.617. The lowest BCUT2D eigenvalue weighted by molar-refractivity contribution is 0.249. The molecule has 4 rings (SSSR count). The molecule has 3 heterocycles. The second-order valence-corrected chi connectivity index (χ2v) is 10.00. The summed E-state index contributed by atoms with van der Waals surface area (Å²) in [6.07, 6.45) is 8.27. The van der Waals surface area contributed by atoms with Crippen LogP contribution in [0, 0.1) is 5.82 Å². The number of anilines is 1. The highest BCUT2D eigenvalue weighted by Gasteiger charge is 2.22. The predicted molar refractivity (Wildman–Crippen MR) is 117 cm³/mol. The van der Waals surface area contributed by atoms with Gasteiger partial charge in [0.2, 0.25) is 0 Å². The minimum absolute atomic E-state index is 0.0846. The van der Waals surface area contributed by atoms with Crippen molar-refractivity contribution in [2.45, 2.75) is 13.1 Å². The molecular formula is C21H25FN6O2S. The second kappa shape index (κ2) is 9.11. The number of hydrogen-bond donors (Lipinski definition) is 0. The molecule has 1 aliphatic rings. The first-order chi connectivity index (χ1) is 14.9. The summed E-state index contributed by atoms with van der Waals surface area (Å²) in [7, 11) is -3.00. The zero-order chi connectivity index (χ0) is 21.8. The van der Waals surface area contributed by atoms with E-state index in [1.54, 1.807) is 35.4 Å². The summed E-state index contributed by atoms with van der Waals surface area (Å²) in [6.45, 7) is 4.44. The molecule has 1 saturated heterocycles. The van der Waals surface area contributed by atoms with E-state index >= 15 is 0 Å².